The topological polar surface area (TPSA) is 97.1 Å². The summed E-state index contributed by atoms with van der Waals surface area (Å²) >= 11 is 1.29. The zero-order chi connectivity index (χ0) is 15.4. The summed E-state index contributed by atoms with van der Waals surface area (Å²) in [6, 6.07) is 5.99. The van der Waals surface area contributed by atoms with Gasteiger partial charge in [0.2, 0.25) is 5.91 Å². The second-order valence-electron chi connectivity index (χ2n) is 4.31. The Hall–Kier alpha value is -2.35. The Morgan fingerprint density at radius 2 is 1.95 bits per heavy atom. The van der Waals surface area contributed by atoms with Crippen molar-refractivity contribution in [2.75, 3.05) is 11.1 Å². The van der Waals surface area contributed by atoms with Crippen LogP contribution in [0.5, 0.6) is 0 Å². The minimum atomic E-state index is -0.999. The number of amides is 1. The first-order valence-electron chi connectivity index (χ1n) is 6.09. The number of aryl methyl sites for hydroxylation is 1. The van der Waals surface area contributed by atoms with Crippen LogP contribution in [0.25, 0.3) is 0 Å². The van der Waals surface area contributed by atoms with E-state index in [4.69, 9.17) is 5.11 Å². The van der Waals surface area contributed by atoms with Gasteiger partial charge in [0, 0.05) is 12.7 Å². The monoisotopic (exact) mass is 306 g/mol. The molecular formula is C13H14N4O3S. The van der Waals surface area contributed by atoms with Gasteiger partial charge >= 0.3 is 5.97 Å². The lowest BCUT2D eigenvalue weighted by Crippen LogP contribution is -2.14. The number of aromatic nitrogens is 3. The number of benzene rings is 1. The maximum Gasteiger partial charge on any atom is 0.335 e. The minimum Gasteiger partial charge on any atom is -0.478 e. The maximum absolute atomic E-state index is 11.8. The molecule has 0 atom stereocenters. The summed E-state index contributed by atoms with van der Waals surface area (Å²) < 4.78 is 1.81. The summed E-state index contributed by atoms with van der Waals surface area (Å²) in [5.41, 5.74) is 0.733. The average Bonchev–Trinajstić information content (AvgIpc) is 2.77. The standard InChI is InChI=1S/C13H14N4O3S/c1-8-15-16-13(17(8)2)21-7-11(18)14-10-5-3-9(4-6-10)12(19)20/h3-6H,7H2,1-2H3,(H,14,18)(H,19,20). The molecule has 1 aromatic carbocycles. The molecule has 1 heterocycles. The molecule has 7 nitrogen and oxygen atoms in total. The van der Waals surface area contributed by atoms with Crippen molar-refractivity contribution in [3.63, 3.8) is 0 Å². The minimum absolute atomic E-state index is 0.178. The third kappa shape index (κ3) is 3.82. The summed E-state index contributed by atoms with van der Waals surface area (Å²) in [6.45, 7) is 1.83. The van der Waals surface area contributed by atoms with Crippen molar-refractivity contribution < 1.29 is 14.7 Å². The Morgan fingerprint density at radius 1 is 1.29 bits per heavy atom. The van der Waals surface area contributed by atoms with E-state index in [0.29, 0.717) is 10.8 Å². The van der Waals surface area contributed by atoms with Crippen molar-refractivity contribution >= 4 is 29.3 Å². The number of carboxylic acids is 1. The molecule has 0 unspecified atom stereocenters. The third-order valence-corrected chi connectivity index (χ3v) is 3.82. The van der Waals surface area contributed by atoms with Crippen LogP contribution in [-0.4, -0.2) is 37.5 Å². The fraction of sp³-hybridized carbons (Fsp3) is 0.231. The molecule has 2 rings (SSSR count). The predicted octanol–water partition coefficient (Wildman–Crippen LogP) is 1.55. The zero-order valence-corrected chi connectivity index (χ0v) is 12.3. The number of nitrogens with zero attached hydrogens (tertiary/aromatic N) is 3. The number of nitrogens with one attached hydrogen (secondary N) is 1. The second-order valence-corrected chi connectivity index (χ2v) is 5.25. The van der Waals surface area contributed by atoms with E-state index in [-0.39, 0.29) is 17.2 Å². The number of hydrogen-bond acceptors (Lipinski definition) is 5. The van der Waals surface area contributed by atoms with Gasteiger partial charge in [0.25, 0.3) is 0 Å². The van der Waals surface area contributed by atoms with Crippen LogP contribution in [0.3, 0.4) is 0 Å². The van der Waals surface area contributed by atoms with Crippen molar-refractivity contribution in [1.29, 1.82) is 0 Å². The molecular weight excluding hydrogens is 292 g/mol. The molecule has 0 aliphatic heterocycles. The van der Waals surface area contributed by atoms with Crippen LogP contribution < -0.4 is 5.32 Å². The van der Waals surface area contributed by atoms with Crippen LogP contribution in [0.15, 0.2) is 29.4 Å². The molecule has 0 aliphatic rings. The number of carboxylic acid groups (broad SMARTS) is 1. The molecule has 0 spiro atoms. The molecule has 0 aliphatic carbocycles. The van der Waals surface area contributed by atoms with E-state index in [1.807, 2.05) is 14.0 Å². The van der Waals surface area contributed by atoms with E-state index in [9.17, 15) is 9.59 Å². The highest BCUT2D eigenvalue weighted by Gasteiger charge is 2.09. The molecule has 0 radical (unpaired) electrons. The van der Waals surface area contributed by atoms with Gasteiger partial charge in [-0.15, -0.1) is 10.2 Å². The van der Waals surface area contributed by atoms with Crippen LogP contribution in [0.4, 0.5) is 5.69 Å². The van der Waals surface area contributed by atoms with Crippen LogP contribution in [-0.2, 0) is 11.8 Å². The fourth-order valence-electron chi connectivity index (χ4n) is 1.54. The first kappa shape index (κ1) is 15.0. The van der Waals surface area contributed by atoms with Gasteiger partial charge < -0.3 is 15.0 Å². The van der Waals surface area contributed by atoms with E-state index in [1.165, 1.54) is 23.9 Å². The SMILES string of the molecule is Cc1nnc(SCC(=O)Nc2ccc(C(=O)O)cc2)n1C. The molecule has 0 saturated carbocycles. The van der Waals surface area contributed by atoms with Gasteiger partial charge in [-0.2, -0.15) is 0 Å². The molecule has 21 heavy (non-hydrogen) atoms. The van der Waals surface area contributed by atoms with Gasteiger partial charge in [-0.1, -0.05) is 11.8 Å². The van der Waals surface area contributed by atoms with E-state index in [2.05, 4.69) is 15.5 Å². The average molecular weight is 306 g/mol. The van der Waals surface area contributed by atoms with E-state index >= 15 is 0 Å². The van der Waals surface area contributed by atoms with Gasteiger partial charge in [-0.05, 0) is 31.2 Å². The molecule has 8 heteroatoms. The molecule has 0 saturated heterocycles. The normalized spacial score (nSPS) is 10.4. The maximum atomic E-state index is 11.8. The molecule has 0 bridgehead atoms. The lowest BCUT2D eigenvalue weighted by atomic mass is 10.2. The van der Waals surface area contributed by atoms with Crippen molar-refractivity contribution in [3.05, 3.63) is 35.7 Å². The highest BCUT2D eigenvalue weighted by Crippen LogP contribution is 2.16. The Labute approximate surface area is 125 Å². The summed E-state index contributed by atoms with van der Waals surface area (Å²) in [5.74, 6) is -0.209. The summed E-state index contributed by atoms with van der Waals surface area (Å²) in [6.07, 6.45) is 0. The number of carbonyl (C=O) groups is 2. The Morgan fingerprint density at radius 3 is 2.48 bits per heavy atom. The molecule has 2 aromatic rings. The first-order chi connectivity index (χ1) is 9.97. The number of aromatic carboxylic acids is 1. The molecule has 1 amide bonds. The number of anilines is 1. The Kier molecular flexibility index (Phi) is 4.59. The van der Waals surface area contributed by atoms with Gasteiger partial charge in [0.05, 0.1) is 11.3 Å². The number of thioether (sulfide) groups is 1. The summed E-state index contributed by atoms with van der Waals surface area (Å²) in [4.78, 5) is 22.5. The Bertz CT molecular complexity index is 667. The third-order valence-electron chi connectivity index (χ3n) is 2.80. The van der Waals surface area contributed by atoms with Crippen LogP contribution in [0.2, 0.25) is 0 Å². The lowest BCUT2D eigenvalue weighted by molar-refractivity contribution is -0.113. The molecule has 2 N–H and O–H groups in total. The lowest BCUT2D eigenvalue weighted by Gasteiger charge is -2.05. The van der Waals surface area contributed by atoms with Crippen LogP contribution in [0.1, 0.15) is 16.2 Å². The smallest absolute Gasteiger partial charge is 0.335 e. The van der Waals surface area contributed by atoms with Crippen LogP contribution in [0, 0.1) is 6.92 Å². The number of carbonyl (C=O) groups excluding carboxylic acids is 1. The molecule has 110 valence electrons. The highest BCUT2D eigenvalue weighted by atomic mass is 32.2. The van der Waals surface area contributed by atoms with Gasteiger partial charge in [-0.25, -0.2) is 4.79 Å². The van der Waals surface area contributed by atoms with Gasteiger partial charge in [-0.3, -0.25) is 4.79 Å². The van der Waals surface area contributed by atoms with Crippen molar-refractivity contribution in [2.24, 2.45) is 7.05 Å². The molecule has 0 fully saturated rings. The quantitative estimate of drug-likeness (QED) is 0.814. The van der Waals surface area contributed by atoms with Crippen molar-refractivity contribution in [2.45, 2.75) is 12.1 Å². The molecule has 1 aromatic heterocycles. The predicted molar refractivity (Wildman–Crippen MR) is 78.5 cm³/mol. The van der Waals surface area contributed by atoms with E-state index < -0.39 is 5.97 Å². The van der Waals surface area contributed by atoms with Crippen molar-refractivity contribution in [1.82, 2.24) is 14.8 Å². The number of rotatable bonds is 5. The summed E-state index contributed by atoms with van der Waals surface area (Å²) in [5, 5.41) is 20.0. The van der Waals surface area contributed by atoms with Crippen molar-refractivity contribution in [3.8, 4) is 0 Å². The van der Waals surface area contributed by atoms with E-state index in [0.717, 1.165) is 5.82 Å². The fourth-order valence-corrected chi connectivity index (χ4v) is 2.29. The van der Waals surface area contributed by atoms with Gasteiger partial charge in [0.1, 0.15) is 5.82 Å². The number of hydrogen-bond donors (Lipinski definition) is 2. The van der Waals surface area contributed by atoms with Gasteiger partial charge in [0.15, 0.2) is 5.16 Å². The highest BCUT2D eigenvalue weighted by molar-refractivity contribution is 7.99. The second kappa shape index (κ2) is 6.40. The Balaban J connectivity index is 1.89. The summed E-state index contributed by atoms with van der Waals surface area (Å²) in [7, 11) is 1.83. The van der Waals surface area contributed by atoms with E-state index in [1.54, 1.807) is 16.7 Å². The van der Waals surface area contributed by atoms with Crippen LogP contribution >= 0.6 is 11.8 Å². The zero-order valence-electron chi connectivity index (χ0n) is 11.5. The largest absolute Gasteiger partial charge is 0.478 e. The first-order valence-corrected chi connectivity index (χ1v) is 7.08.